The van der Waals surface area contributed by atoms with Gasteiger partial charge >= 0.3 is 0 Å². The van der Waals surface area contributed by atoms with Crippen molar-refractivity contribution in [1.82, 2.24) is 9.88 Å². The SMILES string of the molecule is Cc1nc(C2CCCC2)sc1C(=O)N1CCC(C)CC1CN.Cl.Cl. The Morgan fingerprint density at radius 1 is 1.29 bits per heavy atom. The molecule has 24 heavy (non-hydrogen) atoms. The summed E-state index contributed by atoms with van der Waals surface area (Å²) >= 11 is 1.63. The Labute approximate surface area is 161 Å². The first kappa shape index (κ1) is 21.7. The minimum absolute atomic E-state index is 0. The Hall–Kier alpha value is -0.360. The van der Waals surface area contributed by atoms with Gasteiger partial charge in [-0.25, -0.2) is 4.98 Å². The number of aryl methyl sites for hydroxylation is 1. The number of hydrogen-bond donors (Lipinski definition) is 1. The normalized spacial score (nSPS) is 24.4. The molecule has 2 heterocycles. The number of piperidine rings is 1. The zero-order valence-electron chi connectivity index (χ0n) is 14.5. The average molecular weight is 394 g/mol. The lowest BCUT2D eigenvalue weighted by Gasteiger charge is -2.37. The third-order valence-electron chi connectivity index (χ3n) is 5.22. The second-order valence-electron chi connectivity index (χ2n) is 6.97. The van der Waals surface area contributed by atoms with Gasteiger partial charge in [0.1, 0.15) is 4.88 Å². The van der Waals surface area contributed by atoms with Gasteiger partial charge in [-0.15, -0.1) is 36.2 Å². The fraction of sp³-hybridized carbons (Fsp3) is 0.765. The quantitative estimate of drug-likeness (QED) is 0.838. The Morgan fingerprint density at radius 2 is 1.96 bits per heavy atom. The molecule has 2 unspecified atom stereocenters. The summed E-state index contributed by atoms with van der Waals surface area (Å²) in [6.07, 6.45) is 7.16. The van der Waals surface area contributed by atoms with Crippen LogP contribution in [0.1, 0.15) is 71.7 Å². The molecule has 1 aromatic rings. The van der Waals surface area contributed by atoms with Crippen LogP contribution >= 0.6 is 36.2 Å². The number of carbonyl (C=O) groups excluding carboxylic acids is 1. The van der Waals surface area contributed by atoms with Crippen LogP contribution in [0.25, 0.3) is 0 Å². The Balaban J connectivity index is 0.00000144. The molecule has 1 amide bonds. The molecule has 1 saturated carbocycles. The lowest BCUT2D eigenvalue weighted by atomic mass is 9.92. The molecule has 4 nitrogen and oxygen atoms in total. The van der Waals surface area contributed by atoms with Crippen molar-refractivity contribution in [2.75, 3.05) is 13.1 Å². The molecule has 1 aliphatic carbocycles. The molecule has 7 heteroatoms. The number of carbonyl (C=O) groups is 1. The summed E-state index contributed by atoms with van der Waals surface area (Å²) in [6.45, 7) is 5.62. The standard InChI is InChI=1S/C17H27N3OS.2ClH/c1-11-7-8-20(14(9-11)10-18)17(21)15-12(2)19-16(22-15)13-5-3-4-6-13;;/h11,13-14H,3-10,18H2,1-2H3;2*1H. The van der Waals surface area contributed by atoms with Crippen LogP contribution in [0.4, 0.5) is 0 Å². The van der Waals surface area contributed by atoms with E-state index in [-0.39, 0.29) is 36.8 Å². The van der Waals surface area contributed by atoms with Crippen molar-refractivity contribution in [1.29, 1.82) is 0 Å². The maximum absolute atomic E-state index is 13.0. The van der Waals surface area contributed by atoms with Crippen LogP contribution < -0.4 is 5.73 Å². The maximum Gasteiger partial charge on any atom is 0.266 e. The molecular weight excluding hydrogens is 365 g/mol. The van der Waals surface area contributed by atoms with Gasteiger partial charge in [0.15, 0.2) is 0 Å². The number of hydrogen-bond acceptors (Lipinski definition) is 4. The maximum atomic E-state index is 13.0. The molecule has 138 valence electrons. The van der Waals surface area contributed by atoms with Gasteiger partial charge < -0.3 is 10.6 Å². The van der Waals surface area contributed by atoms with Gasteiger partial charge in [0.25, 0.3) is 5.91 Å². The van der Waals surface area contributed by atoms with E-state index >= 15 is 0 Å². The highest BCUT2D eigenvalue weighted by Crippen LogP contribution is 2.37. The van der Waals surface area contributed by atoms with Crippen LogP contribution in [0.5, 0.6) is 0 Å². The minimum atomic E-state index is 0. The van der Waals surface area contributed by atoms with E-state index in [2.05, 4.69) is 6.92 Å². The van der Waals surface area contributed by atoms with Crippen molar-refractivity contribution in [3.05, 3.63) is 15.6 Å². The van der Waals surface area contributed by atoms with Crippen molar-refractivity contribution in [3.8, 4) is 0 Å². The van der Waals surface area contributed by atoms with E-state index in [1.54, 1.807) is 11.3 Å². The summed E-state index contributed by atoms with van der Waals surface area (Å²) in [5.74, 6) is 1.40. The summed E-state index contributed by atoms with van der Waals surface area (Å²) < 4.78 is 0. The highest BCUT2D eigenvalue weighted by Gasteiger charge is 2.32. The molecule has 1 saturated heterocycles. The van der Waals surface area contributed by atoms with Gasteiger partial charge in [0, 0.05) is 25.0 Å². The van der Waals surface area contributed by atoms with E-state index in [9.17, 15) is 4.79 Å². The third kappa shape index (κ3) is 4.43. The summed E-state index contributed by atoms with van der Waals surface area (Å²) in [6, 6.07) is 0.188. The molecule has 2 fully saturated rings. The molecule has 3 rings (SSSR count). The number of amides is 1. The van der Waals surface area contributed by atoms with E-state index < -0.39 is 0 Å². The van der Waals surface area contributed by atoms with Crippen LogP contribution in [-0.4, -0.2) is 34.9 Å². The third-order valence-corrected chi connectivity index (χ3v) is 6.53. The largest absolute Gasteiger partial charge is 0.334 e. The van der Waals surface area contributed by atoms with Gasteiger partial charge in [-0.2, -0.15) is 0 Å². The van der Waals surface area contributed by atoms with Crippen LogP contribution in [0.3, 0.4) is 0 Å². The molecule has 1 aliphatic heterocycles. The average Bonchev–Trinajstić information content (AvgIpc) is 3.15. The van der Waals surface area contributed by atoms with Crippen LogP contribution in [-0.2, 0) is 0 Å². The molecule has 2 atom stereocenters. The second-order valence-corrected chi connectivity index (χ2v) is 8.00. The fourth-order valence-electron chi connectivity index (χ4n) is 3.84. The van der Waals surface area contributed by atoms with Crippen molar-refractivity contribution in [3.63, 3.8) is 0 Å². The summed E-state index contributed by atoms with van der Waals surface area (Å²) in [4.78, 5) is 20.5. The number of nitrogens with two attached hydrogens (primary N) is 1. The van der Waals surface area contributed by atoms with Gasteiger partial charge in [-0.1, -0.05) is 19.8 Å². The summed E-state index contributed by atoms with van der Waals surface area (Å²) in [5, 5.41) is 1.17. The van der Waals surface area contributed by atoms with Crippen molar-refractivity contribution < 1.29 is 4.79 Å². The number of aromatic nitrogens is 1. The van der Waals surface area contributed by atoms with Gasteiger partial charge in [0.2, 0.25) is 0 Å². The van der Waals surface area contributed by atoms with Crippen LogP contribution in [0.2, 0.25) is 0 Å². The molecule has 2 N–H and O–H groups in total. The number of likely N-dealkylation sites (tertiary alicyclic amines) is 1. The summed E-state index contributed by atoms with van der Waals surface area (Å²) in [7, 11) is 0. The Bertz CT molecular complexity index is 546. The fourth-order valence-corrected chi connectivity index (χ4v) is 5.03. The summed E-state index contributed by atoms with van der Waals surface area (Å²) in [5.41, 5.74) is 6.82. The molecule has 1 aromatic heterocycles. The predicted molar refractivity (Wildman–Crippen MR) is 105 cm³/mol. The molecule has 0 spiro atoms. The molecule has 0 aromatic carbocycles. The zero-order valence-corrected chi connectivity index (χ0v) is 16.9. The molecule has 0 radical (unpaired) electrons. The smallest absolute Gasteiger partial charge is 0.266 e. The zero-order chi connectivity index (χ0) is 15.7. The lowest BCUT2D eigenvalue weighted by Crippen LogP contribution is -2.49. The lowest BCUT2D eigenvalue weighted by molar-refractivity contribution is 0.0577. The van der Waals surface area contributed by atoms with Crippen molar-refractivity contribution in [2.24, 2.45) is 11.7 Å². The second kappa shape index (κ2) is 9.37. The van der Waals surface area contributed by atoms with Gasteiger partial charge in [-0.3, -0.25) is 4.79 Å². The number of nitrogens with zero attached hydrogens (tertiary/aromatic N) is 2. The predicted octanol–water partition coefficient (Wildman–Crippen LogP) is 4.15. The monoisotopic (exact) mass is 393 g/mol. The van der Waals surface area contributed by atoms with Gasteiger partial charge in [-0.05, 0) is 38.5 Å². The van der Waals surface area contributed by atoms with E-state index in [0.29, 0.717) is 18.4 Å². The molecule has 2 aliphatic rings. The first-order valence-corrected chi connectivity index (χ1v) is 9.40. The highest BCUT2D eigenvalue weighted by molar-refractivity contribution is 7.13. The molecule has 0 bridgehead atoms. The van der Waals surface area contributed by atoms with E-state index in [4.69, 9.17) is 10.7 Å². The molecular formula is C17H29Cl2N3OS. The van der Waals surface area contributed by atoms with E-state index in [1.165, 1.54) is 30.7 Å². The number of halogens is 2. The number of rotatable bonds is 3. The highest BCUT2D eigenvalue weighted by atomic mass is 35.5. The van der Waals surface area contributed by atoms with Crippen molar-refractivity contribution >= 4 is 42.1 Å². The van der Waals surface area contributed by atoms with Gasteiger partial charge in [0.05, 0.1) is 10.7 Å². The Kier molecular flexibility index (Phi) is 8.46. The van der Waals surface area contributed by atoms with E-state index in [0.717, 1.165) is 30.0 Å². The van der Waals surface area contributed by atoms with E-state index in [1.807, 2.05) is 11.8 Å². The first-order chi connectivity index (χ1) is 10.6. The Morgan fingerprint density at radius 3 is 2.58 bits per heavy atom. The van der Waals surface area contributed by atoms with Crippen LogP contribution in [0, 0.1) is 12.8 Å². The van der Waals surface area contributed by atoms with Crippen molar-refractivity contribution in [2.45, 2.75) is 64.3 Å². The minimum Gasteiger partial charge on any atom is -0.334 e. The van der Waals surface area contributed by atoms with Crippen LogP contribution in [0.15, 0.2) is 0 Å². The topological polar surface area (TPSA) is 59.2 Å². The number of thiazole rings is 1. The first-order valence-electron chi connectivity index (χ1n) is 8.58.